The van der Waals surface area contributed by atoms with Crippen molar-refractivity contribution in [2.75, 3.05) is 13.1 Å². The Bertz CT molecular complexity index is 1190. The zero-order valence-electron chi connectivity index (χ0n) is 21.5. The van der Waals surface area contributed by atoms with Gasteiger partial charge in [0.05, 0.1) is 12.1 Å². The zero-order valence-corrected chi connectivity index (χ0v) is 21.5. The summed E-state index contributed by atoms with van der Waals surface area (Å²) in [6.07, 6.45) is 3.32. The smallest absolute Gasteiger partial charge is 0.276 e. The molecule has 4 rings (SSSR count). The zero-order chi connectivity index (χ0) is 26.1. The monoisotopic (exact) mass is 497 g/mol. The molecule has 194 valence electrons. The van der Waals surface area contributed by atoms with Crippen molar-refractivity contribution in [2.24, 2.45) is 11.8 Å². The van der Waals surface area contributed by atoms with Crippen LogP contribution in [0.25, 0.3) is 0 Å². The third kappa shape index (κ3) is 5.24. The highest BCUT2D eigenvalue weighted by Gasteiger charge is 2.44. The highest BCUT2D eigenvalue weighted by Crippen LogP contribution is 2.33. The van der Waals surface area contributed by atoms with Gasteiger partial charge >= 0.3 is 0 Å². The lowest BCUT2D eigenvalue weighted by atomic mass is 9.93. The molecule has 2 aliphatic rings. The summed E-state index contributed by atoms with van der Waals surface area (Å²) in [6, 6.07) is 5.90. The molecule has 36 heavy (non-hydrogen) atoms. The van der Waals surface area contributed by atoms with Crippen molar-refractivity contribution in [3.05, 3.63) is 63.3 Å². The molecule has 1 aromatic carbocycles. The van der Waals surface area contributed by atoms with Gasteiger partial charge < -0.3 is 14.6 Å². The molecule has 2 aromatic rings. The molecule has 1 saturated heterocycles. The second-order valence-corrected chi connectivity index (χ2v) is 10.9. The number of carbonyl (C=O) groups is 2. The Balaban J connectivity index is 1.66. The van der Waals surface area contributed by atoms with Crippen LogP contribution < -0.4 is 5.43 Å². The van der Waals surface area contributed by atoms with Crippen molar-refractivity contribution >= 4 is 11.7 Å². The molecule has 1 fully saturated rings. The fourth-order valence-electron chi connectivity index (χ4n) is 5.54. The Morgan fingerprint density at radius 3 is 2.44 bits per heavy atom. The molecule has 0 unspecified atom stereocenters. The molecule has 2 aliphatic heterocycles. The normalized spacial score (nSPS) is 20.1. The Kier molecular flexibility index (Phi) is 7.64. The number of rotatable bonds is 8. The Labute approximate surface area is 211 Å². The second-order valence-electron chi connectivity index (χ2n) is 10.9. The van der Waals surface area contributed by atoms with Gasteiger partial charge in [0.25, 0.3) is 5.91 Å². The number of aryl methyl sites for hydroxylation is 1. The van der Waals surface area contributed by atoms with Crippen molar-refractivity contribution in [3.8, 4) is 5.75 Å². The molecule has 1 N–H and O–H groups in total. The molecule has 0 spiro atoms. The number of ketones is 1. The highest BCUT2D eigenvalue weighted by atomic mass is 19.1. The number of halogens is 1. The van der Waals surface area contributed by atoms with E-state index < -0.39 is 17.0 Å². The van der Waals surface area contributed by atoms with Crippen molar-refractivity contribution in [3.63, 3.8) is 0 Å². The van der Waals surface area contributed by atoms with E-state index in [0.29, 0.717) is 24.8 Å². The van der Waals surface area contributed by atoms with Crippen LogP contribution in [-0.2, 0) is 13.0 Å². The summed E-state index contributed by atoms with van der Waals surface area (Å²) < 4.78 is 14.8. The number of nitrogens with zero attached hydrogens (tertiary/aromatic N) is 3. The van der Waals surface area contributed by atoms with Crippen LogP contribution in [0.2, 0.25) is 0 Å². The number of amides is 1. The van der Waals surface area contributed by atoms with Gasteiger partial charge in [0.2, 0.25) is 5.43 Å². The van der Waals surface area contributed by atoms with Crippen molar-refractivity contribution in [2.45, 2.75) is 72.1 Å². The van der Waals surface area contributed by atoms with Crippen molar-refractivity contribution < 1.29 is 19.1 Å². The predicted molar refractivity (Wildman–Crippen MR) is 136 cm³/mol. The summed E-state index contributed by atoms with van der Waals surface area (Å²) >= 11 is 0. The minimum absolute atomic E-state index is 0.0335. The Morgan fingerprint density at radius 2 is 1.81 bits per heavy atom. The van der Waals surface area contributed by atoms with Crippen LogP contribution in [0, 0.1) is 17.7 Å². The van der Waals surface area contributed by atoms with E-state index in [9.17, 15) is 23.9 Å². The van der Waals surface area contributed by atoms with Crippen LogP contribution in [0.5, 0.6) is 5.75 Å². The Morgan fingerprint density at radius 1 is 1.11 bits per heavy atom. The number of aromatic nitrogens is 1. The summed E-state index contributed by atoms with van der Waals surface area (Å²) in [5.41, 5.74) is -0.190. The number of Topliss-reactive ketones (excluding diaryl/α,β-unsaturated/α-hetero) is 1. The summed E-state index contributed by atoms with van der Waals surface area (Å²) in [5, 5.41) is 10.8. The maximum Gasteiger partial charge on any atom is 0.276 e. The van der Waals surface area contributed by atoms with Gasteiger partial charge in [-0.2, -0.15) is 0 Å². The Hall–Kier alpha value is -3.00. The number of pyridine rings is 1. The van der Waals surface area contributed by atoms with E-state index in [0.717, 1.165) is 31.5 Å². The molecule has 0 saturated carbocycles. The van der Waals surface area contributed by atoms with E-state index in [-0.39, 0.29) is 41.6 Å². The second kappa shape index (κ2) is 10.5. The SMILES string of the molecule is CC(C)C[C@H]1CCN(CC(C)C)[C@@H]2Cn3cc(C(=O)CCc4ccc(F)cc4)c(=O)c(O)c3C(=O)N12. The third-order valence-electron chi connectivity index (χ3n) is 7.14. The van der Waals surface area contributed by atoms with E-state index in [1.54, 1.807) is 16.7 Å². The van der Waals surface area contributed by atoms with Gasteiger partial charge in [-0.1, -0.05) is 39.8 Å². The summed E-state index contributed by atoms with van der Waals surface area (Å²) in [7, 11) is 0. The maximum absolute atomic E-state index is 13.7. The first kappa shape index (κ1) is 26.1. The van der Waals surface area contributed by atoms with Crippen molar-refractivity contribution in [1.82, 2.24) is 14.4 Å². The van der Waals surface area contributed by atoms with E-state index in [4.69, 9.17) is 0 Å². The topological polar surface area (TPSA) is 82.9 Å². The molecule has 0 bridgehead atoms. The first-order valence-corrected chi connectivity index (χ1v) is 12.9. The molecular formula is C28H36FN3O4. The van der Waals surface area contributed by atoms with Gasteiger partial charge in [-0.15, -0.1) is 0 Å². The first-order chi connectivity index (χ1) is 17.1. The van der Waals surface area contributed by atoms with Crippen LogP contribution in [0.15, 0.2) is 35.3 Å². The summed E-state index contributed by atoms with van der Waals surface area (Å²) in [5.74, 6) is -0.966. The predicted octanol–water partition coefficient (Wildman–Crippen LogP) is 4.07. The van der Waals surface area contributed by atoms with E-state index in [1.807, 2.05) is 4.90 Å². The molecule has 1 aromatic heterocycles. The van der Waals surface area contributed by atoms with Gasteiger partial charge in [-0.3, -0.25) is 19.3 Å². The fraction of sp³-hybridized carbons (Fsp3) is 0.536. The first-order valence-electron chi connectivity index (χ1n) is 12.9. The number of aromatic hydroxyl groups is 1. The van der Waals surface area contributed by atoms with Crippen LogP contribution >= 0.6 is 0 Å². The van der Waals surface area contributed by atoms with Crippen LogP contribution in [0.4, 0.5) is 4.39 Å². The third-order valence-corrected chi connectivity index (χ3v) is 7.14. The minimum atomic E-state index is -0.811. The minimum Gasteiger partial charge on any atom is -0.503 e. The van der Waals surface area contributed by atoms with Gasteiger partial charge in [0, 0.05) is 31.7 Å². The van der Waals surface area contributed by atoms with Crippen LogP contribution in [0.1, 0.15) is 73.4 Å². The van der Waals surface area contributed by atoms with E-state index >= 15 is 0 Å². The van der Waals surface area contributed by atoms with Gasteiger partial charge in [-0.25, -0.2) is 4.39 Å². The molecule has 3 heterocycles. The molecule has 0 radical (unpaired) electrons. The van der Waals surface area contributed by atoms with E-state index in [2.05, 4.69) is 32.6 Å². The largest absolute Gasteiger partial charge is 0.503 e. The number of benzene rings is 1. The summed E-state index contributed by atoms with van der Waals surface area (Å²) in [4.78, 5) is 43.9. The van der Waals surface area contributed by atoms with Crippen LogP contribution in [-0.4, -0.2) is 56.5 Å². The lowest BCUT2D eigenvalue weighted by Gasteiger charge is -2.52. The molecule has 7 nitrogen and oxygen atoms in total. The molecular weight excluding hydrogens is 461 g/mol. The quantitative estimate of drug-likeness (QED) is 0.556. The number of carbonyl (C=O) groups excluding carboxylic acids is 2. The summed E-state index contributed by atoms with van der Waals surface area (Å²) in [6.45, 7) is 10.6. The molecule has 2 atom stereocenters. The van der Waals surface area contributed by atoms with Crippen molar-refractivity contribution in [1.29, 1.82) is 0 Å². The lowest BCUT2D eigenvalue weighted by Crippen LogP contribution is -2.64. The average molecular weight is 498 g/mol. The molecule has 8 heteroatoms. The van der Waals surface area contributed by atoms with E-state index in [1.165, 1.54) is 18.3 Å². The van der Waals surface area contributed by atoms with Gasteiger partial charge in [0.15, 0.2) is 17.2 Å². The average Bonchev–Trinajstić information content (AvgIpc) is 2.81. The standard InChI is InChI=1S/C28H36FN3O4/c1-17(2)13-21-11-12-30(14-18(3)4)24-16-31-15-22(26(34)27(35)25(31)28(36)32(21)24)23(33)10-7-19-5-8-20(29)9-6-19/h5-6,8-9,15,17-18,21,24,35H,7,10-14,16H2,1-4H3/t21-,24+/m1/s1. The number of fused-ring (bicyclic) bond motifs is 2. The fourth-order valence-corrected chi connectivity index (χ4v) is 5.54. The van der Waals surface area contributed by atoms with Gasteiger partial charge in [-0.05, 0) is 48.8 Å². The molecule has 0 aliphatic carbocycles. The van der Waals surface area contributed by atoms with Gasteiger partial charge in [0.1, 0.15) is 12.0 Å². The molecule has 1 amide bonds. The van der Waals surface area contributed by atoms with Crippen LogP contribution in [0.3, 0.4) is 0 Å². The highest BCUT2D eigenvalue weighted by molar-refractivity contribution is 6.00. The number of hydrogen-bond acceptors (Lipinski definition) is 5. The number of hydrogen-bond donors (Lipinski definition) is 1. The maximum atomic E-state index is 13.7. The lowest BCUT2D eigenvalue weighted by molar-refractivity contribution is -0.0449.